The van der Waals surface area contributed by atoms with Gasteiger partial charge in [0.15, 0.2) is 6.10 Å². The predicted octanol–water partition coefficient (Wildman–Crippen LogP) is 2.89. The molecule has 102 valence electrons. The number of amides is 1. The molecule has 0 aromatic heterocycles. The molecule has 0 fully saturated rings. The van der Waals surface area contributed by atoms with Crippen LogP contribution in [-0.4, -0.2) is 18.1 Å². The Balaban J connectivity index is 2.67. The molecule has 0 saturated carbocycles. The molecule has 0 aliphatic rings. The van der Waals surface area contributed by atoms with Crippen LogP contribution in [0.15, 0.2) is 18.2 Å². The van der Waals surface area contributed by atoms with Crippen molar-refractivity contribution in [2.45, 2.75) is 39.3 Å². The van der Waals surface area contributed by atoms with Crippen LogP contribution in [0, 0.1) is 11.3 Å². The smallest absolute Gasteiger partial charge is 0.260 e. The second-order valence-electron chi connectivity index (χ2n) is 4.33. The summed E-state index contributed by atoms with van der Waals surface area (Å²) >= 11 is 5.90. The van der Waals surface area contributed by atoms with Crippen molar-refractivity contribution in [3.63, 3.8) is 0 Å². The number of hydrogen-bond donors (Lipinski definition) is 1. The molecule has 0 saturated heterocycles. The van der Waals surface area contributed by atoms with Crippen molar-refractivity contribution in [1.29, 1.82) is 5.26 Å². The molecule has 19 heavy (non-hydrogen) atoms. The molecule has 2 unspecified atom stereocenters. The Morgan fingerprint density at radius 3 is 2.74 bits per heavy atom. The standard InChI is InChI=1S/C14H17ClN2O2/c1-4-9(2)17-14(18)10(3)19-12-6-5-11(8-16)13(15)7-12/h5-7,9-10H,4H2,1-3H3,(H,17,18). The average molecular weight is 281 g/mol. The molecule has 2 atom stereocenters. The van der Waals surface area contributed by atoms with Crippen molar-refractivity contribution in [1.82, 2.24) is 5.32 Å². The molecule has 1 aromatic carbocycles. The van der Waals surface area contributed by atoms with E-state index in [1.165, 1.54) is 6.07 Å². The van der Waals surface area contributed by atoms with Gasteiger partial charge in [-0.25, -0.2) is 0 Å². The summed E-state index contributed by atoms with van der Waals surface area (Å²) in [5.74, 6) is 0.297. The maximum absolute atomic E-state index is 11.8. The van der Waals surface area contributed by atoms with Gasteiger partial charge < -0.3 is 10.1 Å². The largest absolute Gasteiger partial charge is 0.481 e. The van der Waals surface area contributed by atoms with Crippen LogP contribution in [0.5, 0.6) is 5.75 Å². The quantitative estimate of drug-likeness (QED) is 0.902. The van der Waals surface area contributed by atoms with Crippen LogP contribution >= 0.6 is 11.6 Å². The number of nitrogens with zero attached hydrogens (tertiary/aromatic N) is 1. The SMILES string of the molecule is CCC(C)NC(=O)C(C)Oc1ccc(C#N)c(Cl)c1. The molecule has 1 rings (SSSR count). The van der Waals surface area contributed by atoms with E-state index in [0.29, 0.717) is 16.3 Å². The van der Waals surface area contributed by atoms with Crippen LogP contribution in [0.25, 0.3) is 0 Å². The van der Waals surface area contributed by atoms with Gasteiger partial charge in [0.05, 0.1) is 10.6 Å². The summed E-state index contributed by atoms with van der Waals surface area (Å²) < 4.78 is 5.50. The lowest BCUT2D eigenvalue weighted by Gasteiger charge is -2.17. The van der Waals surface area contributed by atoms with Crippen LogP contribution in [0.1, 0.15) is 32.8 Å². The number of halogens is 1. The lowest BCUT2D eigenvalue weighted by molar-refractivity contribution is -0.127. The zero-order chi connectivity index (χ0) is 14.4. The minimum atomic E-state index is -0.613. The van der Waals surface area contributed by atoms with Crippen LogP contribution < -0.4 is 10.1 Å². The first kappa shape index (κ1) is 15.3. The molecule has 0 aliphatic carbocycles. The highest BCUT2D eigenvalue weighted by atomic mass is 35.5. The summed E-state index contributed by atoms with van der Waals surface area (Å²) in [6.45, 7) is 5.60. The fourth-order valence-corrected chi connectivity index (χ4v) is 1.59. The van der Waals surface area contributed by atoms with Crippen LogP contribution in [0.4, 0.5) is 0 Å². The monoisotopic (exact) mass is 280 g/mol. The lowest BCUT2D eigenvalue weighted by atomic mass is 10.2. The van der Waals surface area contributed by atoms with E-state index >= 15 is 0 Å². The molecule has 5 heteroatoms. The molecule has 1 amide bonds. The second kappa shape index (κ2) is 7.01. The van der Waals surface area contributed by atoms with Gasteiger partial charge in [-0.15, -0.1) is 0 Å². The van der Waals surface area contributed by atoms with E-state index in [-0.39, 0.29) is 11.9 Å². The topological polar surface area (TPSA) is 62.1 Å². The Labute approximate surface area is 118 Å². The van der Waals surface area contributed by atoms with Gasteiger partial charge in [-0.05, 0) is 32.4 Å². The summed E-state index contributed by atoms with van der Waals surface area (Å²) in [6, 6.07) is 6.80. The molecule has 0 heterocycles. The van der Waals surface area contributed by atoms with Gasteiger partial charge in [0.1, 0.15) is 11.8 Å². The molecule has 0 spiro atoms. The Bertz CT molecular complexity index is 497. The van der Waals surface area contributed by atoms with Crippen LogP contribution in [0.3, 0.4) is 0 Å². The summed E-state index contributed by atoms with van der Waals surface area (Å²) in [7, 11) is 0. The Morgan fingerprint density at radius 2 is 2.21 bits per heavy atom. The van der Waals surface area contributed by atoms with Gasteiger partial charge in [-0.3, -0.25) is 4.79 Å². The minimum Gasteiger partial charge on any atom is -0.481 e. The molecule has 0 bridgehead atoms. The molecular weight excluding hydrogens is 264 g/mol. The lowest BCUT2D eigenvalue weighted by Crippen LogP contribution is -2.40. The molecular formula is C14H17ClN2O2. The Kier molecular flexibility index (Phi) is 5.65. The summed E-state index contributed by atoms with van der Waals surface area (Å²) in [5.41, 5.74) is 0.380. The first-order valence-electron chi connectivity index (χ1n) is 6.14. The number of nitrogens with one attached hydrogen (secondary N) is 1. The number of hydrogen-bond acceptors (Lipinski definition) is 3. The highest BCUT2D eigenvalue weighted by Crippen LogP contribution is 2.22. The fourth-order valence-electron chi connectivity index (χ4n) is 1.38. The van der Waals surface area contributed by atoms with Crippen molar-refractivity contribution < 1.29 is 9.53 Å². The minimum absolute atomic E-state index is 0.114. The van der Waals surface area contributed by atoms with Crippen LogP contribution in [-0.2, 0) is 4.79 Å². The van der Waals surface area contributed by atoms with Crippen molar-refractivity contribution in [2.75, 3.05) is 0 Å². The van der Waals surface area contributed by atoms with E-state index in [4.69, 9.17) is 21.6 Å². The Hall–Kier alpha value is -1.73. The highest BCUT2D eigenvalue weighted by molar-refractivity contribution is 6.31. The molecule has 4 nitrogen and oxygen atoms in total. The third-order valence-electron chi connectivity index (χ3n) is 2.74. The highest BCUT2D eigenvalue weighted by Gasteiger charge is 2.16. The summed E-state index contributed by atoms with van der Waals surface area (Å²) in [5, 5.41) is 11.9. The average Bonchev–Trinajstić information content (AvgIpc) is 2.38. The van der Waals surface area contributed by atoms with E-state index in [0.717, 1.165) is 6.42 Å². The van der Waals surface area contributed by atoms with Crippen molar-refractivity contribution >= 4 is 17.5 Å². The second-order valence-corrected chi connectivity index (χ2v) is 4.74. The zero-order valence-corrected chi connectivity index (χ0v) is 12.0. The Morgan fingerprint density at radius 1 is 1.53 bits per heavy atom. The molecule has 1 N–H and O–H groups in total. The van der Waals surface area contributed by atoms with E-state index in [1.54, 1.807) is 19.1 Å². The van der Waals surface area contributed by atoms with E-state index < -0.39 is 6.10 Å². The number of benzene rings is 1. The molecule has 0 radical (unpaired) electrons. The zero-order valence-electron chi connectivity index (χ0n) is 11.2. The predicted molar refractivity (Wildman–Crippen MR) is 74.2 cm³/mol. The fraction of sp³-hybridized carbons (Fsp3) is 0.429. The normalized spacial score (nSPS) is 13.2. The first-order valence-corrected chi connectivity index (χ1v) is 6.52. The van der Waals surface area contributed by atoms with Gasteiger partial charge in [-0.2, -0.15) is 5.26 Å². The van der Waals surface area contributed by atoms with E-state index in [9.17, 15) is 4.79 Å². The maximum atomic E-state index is 11.8. The van der Waals surface area contributed by atoms with Crippen molar-refractivity contribution in [2.24, 2.45) is 0 Å². The van der Waals surface area contributed by atoms with Gasteiger partial charge in [0, 0.05) is 12.1 Å². The van der Waals surface area contributed by atoms with Gasteiger partial charge in [0.25, 0.3) is 5.91 Å². The number of nitriles is 1. The van der Waals surface area contributed by atoms with Gasteiger partial charge in [0.2, 0.25) is 0 Å². The maximum Gasteiger partial charge on any atom is 0.260 e. The first-order chi connectivity index (χ1) is 8.97. The van der Waals surface area contributed by atoms with E-state index in [1.807, 2.05) is 19.9 Å². The van der Waals surface area contributed by atoms with Crippen LogP contribution in [0.2, 0.25) is 5.02 Å². The number of carbonyl (C=O) groups excluding carboxylic acids is 1. The molecule has 0 aliphatic heterocycles. The number of ether oxygens (including phenoxy) is 1. The van der Waals surface area contributed by atoms with E-state index in [2.05, 4.69) is 5.32 Å². The summed E-state index contributed by atoms with van der Waals surface area (Å²) in [4.78, 5) is 11.8. The molecule has 1 aromatic rings. The van der Waals surface area contributed by atoms with Gasteiger partial charge >= 0.3 is 0 Å². The van der Waals surface area contributed by atoms with Crippen molar-refractivity contribution in [3.05, 3.63) is 28.8 Å². The van der Waals surface area contributed by atoms with Gasteiger partial charge in [-0.1, -0.05) is 18.5 Å². The number of rotatable bonds is 5. The van der Waals surface area contributed by atoms with Crippen molar-refractivity contribution in [3.8, 4) is 11.8 Å². The number of carbonyl (C=O) groups is 1. The summed E-state index contributed by atoms with van der Waals surface area (Å²) in [6.07, 6.45) is 0.249. The third kappa shape index (κ3) is 4.46. The third-order valence-corrected chi connectivity index (χ3v) is 3.06.